The van der Waals surface area contributed by atoms with Gasteiger partial charge in [-0.15, -0.1) is 0 Å². The molecule has 0 radical (unpaired) electrons. The molecule has 0 aliphatic carbocycles. The van der Waals surface area contributed by atoms with Crippen LogP contribution in [0.3, 0.4) is 0 Å². The van der Waals surface area contributed by atoms with E-state index in [-0.39, 0.29) is 12.0 Å². The summed E-state index contributed by atoms with van der Waals surface area (Å²) in [5.74, 6) is 2.75. The predicted molar refractivity (Wildman–Crippen MR) is 165 cm³/mol. The molecule has 2 unspecified atom stereocenters. The van der Waals surface area contributed by atoms with Gasteiger partial charge in [0.1, 0.15) is 23.9 Å². The van der Waals surface area contributed by atoms with E-state index in [2.05, 4.69) is 17.4 Å². The van der Waals surface area contributed by atoms with Crippen LogP contribution in [0, 0.1) is 0 Å². The van der Waals surface area contributed by atoms with E-state index >= 15 is 0 Å². The largest absolute Gasteiger partial charge is 0.496 e. The van der Waals surface area contributed by atoms with Crippen LogP contribution >= 0.6 is 0 Å². The second-order valence-electron chi connectivity index (χ2n) is 10.6. The molecule has 1 aliphatic rings. The molecule has 232 valence electrons. The van der Waals surface area contributed by atoms with Crippen molar-refractivity contribution in [3.63, 3.8) is 0 Å². The number of nitrogens with one attached hydrogen (secondary N) is 1. The fraction of sp³-hybridized carbons (Fsp3) is 0.441. The van der Waals surface area contributed by atoms with Gasteiger partial charge in [0.05, 0.1) is 39.6 Å². The van der Waals surface area contributed by atoms with Crippen LogP contribution in [0.5, 0.6) is 17.2 Å². The average Bonchev–Trinajstić information content (AvgIpc) is 3.04. The molecule has 43 heavy (non-hydrogen) atoms. The zero-order chi connectivity index (χ0) is 30.3. The predicted octanol–water partition coefficient (Wildman–Crippen LogP) is 5.37. The minimum absolute atomic E-state index is 0.0453. The molecule has 9 heteroatoms. The van der Waals surface area contributed by atoms with E-state index in [1.165, 1.54) is 10.5 Å². The molecule has 1 heterocycles. The molecule has 1 amide bonds. The first-order chi connectivity index (χ1) is 21.0. The molecule has 9 nitrogen and oxygen atoms in total. The van der Waals surface area contributed by atoms with Crippen LogP contribution in [0.2, 0.25) is 0 Å². The number of rotatable bonds is 17. The van der Waals surface area contributed by atoms with Crippen LogP contribution in [-0.4, -0.2) is 82.4 Å². The van der Waals surface area contributed by atoms with E-state index in [1.54, 1.807) is 14.2 Å². The van der Waals surface area contributed by atoms with Crippen molar-refractivity contribution in [1.29, 1.82) is 0 Å². The van der Waals surface area contributed by atoms with Crippen molar-refractivity contribution >= 4 is 6.09 Å². The first-order valence-corrected chi connectivity index (χ1v) is 14.9. The number of methoxy groups -OCH3 is 1. The minimum Gasteiger partial charge on any atom is -0.496 e. The Balaban J connectivity index is 1.17. The fourth-order valence-corrected chi connectivity index (χ4v) is 5.14. The monoisotopic (exact) mass is 592 g/mol. The van der Waals surface area contributed by atoms with E-state index < -0.39 is 6.09 Å². The van der Waals surface area contributed by atoms with Crippen molar-refractivity contribution in [3.05, 3.63) is 89.5 Å². The number of ether oxygens (including phenoxy) is 5. The van der Waals surface area contributed by atoms with Crippen LogP contribution < -0.4 is 19.5 Å². The summed E-state index contributed by atoms with van der Waals surface area (Å²) in [6.07, 6.45) is 1.49. The lowest BCUT2D eigenvalue weighted by atomic mass is 9.88. The van der Waals surface area contributed by atoms with Crippen molar-refractivity contribution in [1.82, 2.24) is 10.2 Å². The topological polar surface area (TPSA) is 98.7 Å². The molecule has 4 rings (SSSR count). The molecular weight excluding hydrogens is 548 g/mol. The molecule has 0 bridgehead atoms. The molecule has 2 N–H and O–H groups in total. The first kappa shape index (κ1) is 32.1. The van der Waals surface area contributed by atoms with E-state index in [9.17, 15) is 4.79 Å². The van der Waals surface area contributed by atoms with Gasteiger partial charge in [0.25, 0.3) is 0 Å². The smallest absolute Gasteiger partial charge is 0.407 e. The maximum Gasteiger partial charge on any atom is 0.407 e. The van der Waals surface area contributed by atoms with Crippen molar-refractivity contribution < 1.29 is 33.6 Å². The summed E-state index contributed by atoms with van der Waals surface area (Å²) in [4.78, 5) is 12.4. The number of benzene rings is 3. The summed E-state index contributed by atoms with van der Waals surface area (Å²) in [6, 6.07) is 24.0. The molecular formula is C34H44N2O7. The lowest BCUT2D eigenvalue weighted by Crippen LogP contribution is -2.41. The summed E-state index contributed by atoms with van der Waals surface area (Å²) in [6.45, 7) is 4.75. The van der Waals surface area contributed by atoms with Crippen molar-refractivity contribution in [3.8, 4) is 17.2 Å². The number of para-hydroxylation sites is 2. The lowest BCUT2D eigenvalue weighted by molar-refractivity contribution is 0.00720. The van der Waals surface area contributed by atoms with Gasteiger partial charge in [0.15, 0.2) is 0 Å². The van der Waals surface area contributed by atoms with Gasteiger partial charge in [-0.25, -0.2) is 4.79 Å². The number of carboxylic acid groups (broad SMARTS) is 1. The van der Waals surface area contributed by atoms with Crippen molar-refractivity contribution in [2.75, 3.05) is 60.2 Å². The molecule has 0 spiro atoms. The number of hydrogen-bond donors (Lipinski definition) is 2. The van der Waals surface area contributed by atoms with Crippen molar-refractivity contribution in [2.24, 2.45) is 0 Å². The van der Waals surface area contributed by atoms with Gasteiger partial charge < -0.3 is 39.0 Å². The van der Waals surface area contributed by atoms with E-state index in [0.717, 1.165) is 54.3 Å². The second kappa shape index (κ2) is 17.4. The Labute approximate surface area is 254 Å². The Kier molecular flexibility index (Phi) is 13.0. The molecule has 1 aliphatic heterocycles. The lowest BCUT2D eigenvalue weighted by Gasteiger charge is -2.32. The summed E-state index contributed by atoms with van der Waals surface area (Å²) >= 11 is 0. The summed E-state index contributed by atoms with van der Waals surface area (Å²) in [7, 11) is 3.24. The van der Waals surface area contributed by atoms with E-state index in [1.807, 2.05) is 60.7 Å². The normalized spacial score (nSPS) is 16.4. The molecule has 2 atom stereocenters. The highest BCUT2D eigenvalue weighted by atomic mass is 16.5. The molecule has 1 saturated heterocycles. The quantitative estimate of drug-likeness (QED) is 0.202. The Morgan fingerprint density at radius 2 is 1.65 bits per heavy atom. The number of piperidine rings is 1. The van der Waals surface area contributed by atoms with Crippen LogP contribution in [0.1, 0.15) is 35.4 Å². The Hall–Kier alpha value is -3.79. The van der Waals surface area contributed by atoms with Gasteiger partial charge in [-0.3, -0.25) is 0 Å². The van der Waals surface area contributed by atoms with Gasteiger partial charge in [0.2, 0.25) is 0 Å². The second-order valence-corrected chi connectivity index (χ2v) is 10.6. The SMILES string of the molecule is COc1ccccc1COCCCOc1ccc(C2CCNCC2OCCOc2ccccc2CCN(C)C(=O)O)cc1. The number of likely N-dealkylation sites (N-methyl/N-ethyl adjacent to an activating group) is 1. The van der Waals surface area contributed by atoms with Crippen LogP contribution in [0.4, 0.5) is 4.79 Å². The standard InChI is InChI=1S/C34H44N2O7/c1-36(34(37)38)19-17-27-8-3-6-11-32(27)42-22-23-43-33-24-35-18-16-30(33)26-12-14-29(15-13-26)41-21-7-20-40-25-28-9-4-5-10-31(28)39-2/h3-6,8-15,30,33,35H,7,16-25H2,1-2H3,(H,37,38). The van der Waals surface area contributed by atoms with Crippen LogP contribution in [0.25, 0.3) is 0 Å². The maximum absolute atomic E-state index is 11.1. The third kappa shape index (κ3) is 10.2. The minimum atomic E-state index is -0.938. The van der Waals surface area contributed by atoms with Gasteiger partial charge in [0, 0.05) is 38.0 Å². The van der Waals surface area contributed by atoms with E-state index in [4.69, 9.17) is 28.8 Å². The average molecular weight is 593 g/mol. The zero-order valence-electron chi connectivity index (χ0n) is 25.2. The number of amides is 1. The van der Waals surface area contributed by atoms with E-state index in [0.29, 0.717) is 46.0 Å². The van der Waals surface area contributed by atoms with Crippen molar-refractivity contribution in [2.45, 2.75) is 37.9 Å². The fourth-order valence-electron chi connectivity index (χ4n) is 5.14. The molecule has 0 aromatic heterocycles. The van der Waals surface area contributed by atoms with Crippen LogP contribution in [-0.2, 0) is 22.5 Å². The number of carbonyl (C=O) groups is 1. The maximum atomic E-state index is 11.1. The highest BCUT2D eigenvalue weighted by Crippen LogP contribution is 2.29. The van der Waals surface area contributed by atoms with Gasteiger partial charge >= 0.3 is 6.09 Å². The van der Waals surface area contributed by atoms with Crippen LogP contribution in [0.15, 0.2) is 72.8 Å². The Morgan fingerprint density at radius 3 is 2.42 bits per heavy atom. The molecule has 0 saturated carbocycles. The number of hydrogen-bond acceptors (Lipinski definition) is 7. The first-order valence-electron chi connectivity index (χ1n) is 14.9. The molecule has 3 aromatic rings. The molecule has 1 fully saturated rings. The Bertz CT molecular complexity index is 1250. The third-order valence-electron chi connectivity index (χ3n) is 7.58. The highest BCUT2D eigenvalue weighted by molar-refractivity contribution is 5.64. The zero-order valence-corrected chi connectivity index (χ0v) is 25.2. The summed E-state index contributed by atoms with van der Waals surface area (Å²) in [5.41, 5.74) is 3.26. The third-order valence-corrected chi connectivity index (χ3v) is 7.58. The van der Waals surface area contributed by atoms with Gasteiger partial charge in [-0.05, 0) is 54.8 Å². The Morgan fingerprint density at radius 1 is 0.907 bits per heavy atom. The summed E-state index contributed by atoms with van der Waals surface area (Å²) < 4.78 is 29.4. The molecule has 3 aromatic carbocycles. The van der Waals surface area contributed by atoms with Gasteiger partial charge in [-0.2, -0.15) is 0 Å². The number of nitrogens with zero attached hydrogens (tertiary/aromatic N) is 1. The summed E-state index contributed by atoms with van der Waals surface area (Å²) in [5, 5.41) is 12.6. The highest BCUT2D eigenvalue weighted by Gasteiger charge is 2.27. The van der Waals surface area contributed by atoms with Gasteiger partial charge in [-0.1, -0.05) is 48.5 Å².